The fourth-order valence-corrected chi connectivity index (χ4v) is 2.45. The lowest BCUT2D eigenvalue weighted by atomic mass is 10.1. The molecule has 1 atom stereocenters. The van der Waals surface area contributed by atoms with E-state index in [2.05, 4.69) is 0 Å². The average Bonchev–Trinajstić information content (AvgIpc) is 2.54. The lowest BCUT2D eigenvalue weighted by molar-refractivity contribution is -0.152. The Balaban J connectivity index is 2.13. The van der Waals surface area contributed by atoms with E-state index < -0.39 is 18.0 Å². The van der Waals surface area contributed by atoms with Gasteiger partial charge in [-0.1, -0.05) is 30.3 Å². The van der Waals surface area contributed by atoms with Crippen molar-refractivity contribution >= 4 is 23.3 Å². The zero-order valence-electron chi connectivity index (χ0n) is 12.1. The molecule has 1 unspecified atom stereocenters. The molecule has 1 heterocycles. The van der Waals surface area contributed by atoms with Crippen molar-refractivity contribution in [2.45, 2.75) is 13.0 Å². The zero-order valence-corrected chi connectivity index (χ0v) is 12.1. The summed E-state index contributed by atoms with van der Waals surface area (Å²) in [6, 6.07) is 15.2. The van der Waals surface area contributed by atoms with Crippen molar-refractivity contribution < 1.29 is 19.1 Å². The van der Waals surface area contributed by atoms with Crippen molar-refractivity contribution in [3.8, 4) is 5.75 Å². The van der Waals surface area contributed by atoms with Gasteiger partial charge >= 0.3 is 11.9 Å². The second kappa shape index (κ2) is 5.89. The number of carbonyl (C=O) groups is 2. The quantitative estimate of drug-likeness (QED) is 0.495. The third-order valence-electron chi connectivity index (χ3n) is 3.36. The minimum absolute atomic E-state index is 0.201. The van der Waals surface area contributed by atoms with Gasteiger partial charge in [-0.3, -0.25) is 0 Å². The van der Waals surface area contributed by atoms with E-state index in [1.54, 1.807) is 30.0 Å². The molecule has 3 rings (SSSR count). The van der Waals surface area contributed by atoms with Crippen LogP contribution in [0.4, 0.5) is 11.4 Å². The van der Waals surface area contributed by atoms with E-state index in [0.29, 0.717) is 11.4 Å². The van der Waals surface area contributed by atoms with Crippen LogP contribution >= 0.6 is 0 Å². The number of esters is 2. The Morgan fingerprint density at radius 1 is 1.14 bits per heavy atom. The molecule has 0 saturated carbocycles. The van der Waals surface area contributed by atoms with E-state index in [9.17, 15) is 9.59 Å². The highest BCUT2D eigenvalue weighted by Crippen LogP contribution is 2.39. The van der Waals surface area contributed by atoms with Crippen LogP contribution in [-0.4, -0.2) is 24.6 Å². The number of fused-ring (bicyclic) bond motifs is 1. The van der Waals surface area contributed by atoms with Crippen molar-refractivity contribution in [3.63, 3.8) is 0 Å². The van der Waals surface area contributed by atoms with Gasteiger partial charge in [0.15, 0.2) is 5.75 Å². The minimum Gasteiger partial charge on any atom is -0.464 e. The molecule has 5 heteroatoms. The molecule has 0 saturated heterocycles. The van der Waals surface area contributed by atoms with Crippen LogP contribution in [0.2, 0.25) is 0 Å². The Labute approximate surface area is 128 Å². The van der Waals surface area contributed by atoms with Gasteiger partial charge in [0.2, 0.25) is 6.04 Å². The van der Waals surface area contributed by atoms with Gasteiger partial charge in [-0.25, -0.2) is 9.59 Å². The highest BCUT2D eigenvalue weighted by molar-refractivity contribution is 6.07. The molecule has 0 bridgehead atoms. The molecule has 0 N–H and O–H groups in total. The highest BCUT2D eigenvalue weighted by Gasteiger charge is 2.42. The molecule has 2 aromatic rings. The summed E-state index contributed by atoms with van der Waals surface area (Å²) in [5, 5.41) is 0. The first-order chi connectivity index (χ1) is 10.7. The summed E-state index contributed by atoms with van der Waals surface area (Å²) in [6.07, 6.45) is 0. The van der Waals surface area contributed by atoms with Gasteiger partial charge < -0.3 is 14.4 Å². The molecule has 0 aromatic heterocycles. The van der Waals surface area contributed by atoms with Crippen LogP contribution < -0.4 is 9.64 Å². The number of ether oxygens (including phenoxy) is 2. The third kappa shape index (κ3) is 2.41. The van der Waals surface area contributed by atoms with Gasteiger partial charge in [-0.2, -0.15) is 0 Å². The van der Waals surface area contributed by atoms with Gasteiger partial charge in [-0.05, 0) is 31.2 Å². The Morgan fingerprint density at radius 3 is 2.55 bits per heavy atom. The summed E-state index contributed by atoms with van der Waals surface area (Å²) in [7, 11) is 0. The monoisotopic (exact) mass is 297 g/mol. The van der Waals surface area contributed by atoms with Gasteiger partial charge in [0, 0.05) is 5.69 Å². The summed E-state index contributed by atoms with van der Waals surface area (Å²) in [5.41, 5.74) is 1.39. The van der Waals surface area contributed by atoms with Crippen LogP contribution in [0.25, 0.3) is 0 Å². The average molecular weight is 297 g/mol. The number of rotatable bonds is 3. The molecule has 0 aliphatic carbocycles. The molecule has 0 spiro atoms. The van der Waals surface area contributed by atoms with Crippen LogP contribution in [0.3, 0.4) is 0 Å². The first kappa shape index (κ1) is 14.1. The number of para-hydroxylation sites is 3. The van der Waals surface area contributed by atoms with Gasteiger partial charge in [0.1, 0.15) is 0 Å². The van der Waals surface area contributed by atoms with E-state index in [4.69, 9.17) is 9.47 Å². The number of anilines is 2. The second-order valence-corrected chi connectivity index (χ2v) is 4.75. The molecule has 2 aromatic carbocycles. The molecule has 0 radical (unpaired) electrons. The minimum atomic E-state index is -1.14. The number of hydrogen-bond acceptors (Lipinski definition) is 5. The second-order valence-electron chi connectivity index (χ2n) is 4.75. The maximum atomic E-state index is 12.3. The SMILES string of the molecule is CCOC(=O)C1C(=O)Oc2ccccc2N1c1ccccc1. The molecular weight excluding hydrogens is 282 g/mol. The molecule has 0 amide bonds. The highest BCUT2D eigenvalue weighted by atomic mass is 16.6. The van der Waals surface area contributed by atoms with E-state index in [0.717, 1.165) is 5.69 Å². The van der Waals surface area contributed by atoms with E-state index in [-0.39, 0.29) is 6.61 Å². The Hall–Kier alpha value is -2.82. The lowest BCUT2D eigenvalue weighted by Gasteiger charge is -2.35. The Kier molecular flexibility index (Phi) is 3.78. The van der Waals surface area contributed by atoms with Gasteiger partial charge in [0.25, 0.3) is 0 Å². The molecular formula is C17H15NO4. The summed E-state index contributed by atoms with van der Waals surface area (Å²) in [4.78, 5) is 26.2. The summed E-state index contributed by atoms with van der Waals surface area (Å²) in [6.45, 7) is 1.90. The predicted octanol–water partition coefficient (Wildman–Crippen LogP) is 2.68. The lowest BCUT2D eigenvalue weighted by Crippen LogP contribution is -2.50. The Bertz CT molecular complexity index is 699. The fraction of sp³-hybridized carbons (Fsp3) is 0.176. The van der Waals surface area contributed by atoms with Crippen LogP contribution in [0.15, 0.2) is 54.6 Å². The molecule has 1 aliphatic heterocycles. The summed E-state index contributed by atoms with van der Waals surface area (Å²) >= 11 is 0. The van der Waals surface area contributed by atoms with Crippen LogP contribution in [0.1, 0.15) is 6.92 Å². The van der Waals surface area contributed by atoms with Crippen LogP contribution in [0.5, 0.6) is 5.75 Å². The predicted molar refractivity (Wildman–Crippen MR) is 81.1 cm³/mol. The number of nitrogens with zero attached hydrogens (tertiary/aromatic N) is 1. The van der Waals surface area contributed by atoms with Gasteiger partial charge in [0.05, 0.1) is 12.3 Å². The molecule has 112 valence electrons. The molecule has 22 heavy (non-hydrogen) atoms. The molecule has 5 nitrogen and oxygen atoms in total. The number of benzene rings is 2. The summed E-state index contributed by atoms with van der Waals surface area (Å²) in [5.74, 6) is -0.830. The third-order valence-corrected chi connectivity index (χ3v) is 3.36. The maximum absolute atomic E-state index is 12.3. The number of hydrogen-bond donors (Lipinski definition) is 0. The molecule has 1 aliphatic rings. The summed E-state index contributed by atoms with van der Waals surface area (Å²) < 4.78 is 10.3. The topological polar surface area (TPSA) is 55.8 Å². The smallest absolute Gasteiger partial charge is 0.346 e. The molecule has 0 fully saturated rings. The van der Waals surface area contributed by atoms with E-state index >= 15 is 0 Å². The maximum Gasteiger partial charge on any atom is 0.346 e. The zero-order chi connectivity index (χ0) is 15.5. The van der Waals surface area contributed by atoms with Crippen LogP contribution in [0, 0.1) is 0 Å². The van der Waals surface area contributed by atoms with Crippen molar-refractivity contribution in [3.05, 3.63) is 54.6 Å². The van der Waals surface area contributed by atoms with Crippen LogP contribution in [-0.2, 0) is 14.3 Å². The number of carbonyl (C=O) groups excluding carboxylic acids is 2. The van der Waals surface area contributed by atoms with E-state index in [1.807, 2.05) is 36.4 Å². The van der Waals surface area contributed by atoms with Crippen molar-refractivity contribution in [1.82, 2.24) is 0 Å². The standard InChI is InChI=1S/C17H15NO4/c1-2-21-16(19)15-17(20)22-14-11-7-6-10-13(14)18(15)12-8-4-3-5-9-12/h3-11,15H,2H2,1H3. The van der Waals surface area contributed by atoms with Crippen molar-refractivity contribution in [2.24, 2.45) is 0 Å². The first-order valence-electron chi connectivity index (χ1n) is 7.04. The fourth-order valence-electron chi connectivity index (χ4n) is 2.45. The van der Waals surface area contributed by atoms with E-state index in [1.165, 1.54) is 0 Å². The normalized spacial score (nSPS) is 16.7. The van der Waals surface area contributed by atoms with Crippen molar-refractivity contribution in [2.75, 3.05) is 11.5 Å². The van der Waals surface area contributed by atoms with Gasteiger partial charge in [-0.15, -0.1) is 0 Å². The van der Waals surface area contributed by atoms with Crippen molar-refractivity contribution in [1.29, 1.82) is 0 Å². The first-order valence-corrected chi connectivity index (χ1v) is 7.04. The Morgan fingerprint density at radius 2 is 1.82 bits per heavy atom. The largest absolute Gasteiger partial charge is 0.464 e.